The van der Waals surface area contributed by atoms with Gasteiger partial charge in [0.2, 0.25) is 17.6 Å². The number of carbonyl (C=O) groups excluding carboxylic acids is 1. The molecule has 1 amide bonds. The van der Waals surface area contributed by atoms with Crippen LogP contribution in [0.2, 0.25) is 0 Å². The molecule has 1 heterocycles. The Kier molecular flexibility index (Phi) is 6.38. The van der Waals surface area contributed by atoms with E-state index in [1.54, 1.807) is 0 Å². The third-order valence-electron chi connectivity index (χ3n) is 4.81. The summed E-state index contributed by atoms with van der Waals surface area (Å²) in [5, 5.41) is 6.90. The Hall–Kier alpha value is -3.93. The van der Waals surface area contributed by atoms with Crippen LogP contribution in [-0.4, -0.2) is 16.0 Å². The number of hydrogen-bond acceptors (Lipinski definition) is 5. The Morgan fingerprint density at radius 3 is 2.48 bits per heavy atom. The van der Waals surface area contributed by atoms with Crippen molar-refractivity contribution in [2.75, 3.05) is 5.32 Å². The molecule has 0 spiro atoms. The van der Waals surface area contributed by atoms with Gasteiger partial charge in [0.25, 0.3) is 0 Å². The molecule has 0 saturated carbocycles. The topological polar surface area (TPSA) is 77.2 Å². The van der Waals surface area contributed by atoms with Gasteiger partial charge in [0.05, 0.1) is 0 Å². The highest BCUT2D eigenvalue weighted by Crippen LogP contribution is 2.20. The largest absolute Gasteiger partial charge is 0.489 e. The van der Waals surface area contributed by atoms with Crippen LogP contribution in [0.25, 0.3) is 11.4 Å². The van der Waals surface area contributed by atoms with Gasteiger partial charge in [0, 0.05) is 24.1 Å². The van der Waals surface area contributed by atoms with E-state index in [0.29, 0.717) is 30.4 Å². The standard InChI is InChI=1S/C25H23N3O3/c1-18-7-5-6-10-22(18)25-27-24(31-28-25)16-15-23(29)26-20-11-13-21(14-12-20)30-17-19-8-3-2-4-9-19/h2-14H,15-17H2,1H3,(H,26,29). The lowest BCUT2D eigenvalue weighted by Crippen LogP contribution is -2.12. The van der Waals surface area contributed by atoms with E-state index in [0.717, 1.165) is 22.4 Å². The first kappa shape index (κ1) is 20.3. The van der Waals surface area contributed by atoms with Gasteiger partial charge in [-0.2, -0.15) is 4.98 Å². The first-order chi connectivity index (χ1) is 15.2. The fourth-order valence-corrected chi connectivity index (χ4v) is 3.11. The molecule has 3 aromatic carbocycles. The minimum atomic E-state index is -0.117. The van der Waals surface area contributed by atoms with Gasteiger partial charge in [-0.15, -0.1) is 0 Å². The van der Waals surface area contributed by atoms with Crippen molar-refractivity contribution < 1.29 is 14.1 Å². The van der Waals surface area contributed by atoms with E-state index >= 15 is 0 Å². The quantitative estimate of drug-likeness (QED) is 0.430. The summed E-state index contributed by atoms with van der Waals surface area (Å²) in [4.78, 5) is 16.7. The monoisotopic (exact) mass is 413 g/mol. The zero-order valence-corrected chi connectivity index (χ0v) is 17.2. The zero-order valence-electron chi connectivity index (χ0n) is 17.2. The van der Waals surface area contributed by atoms with Crippen molar-refractivity contribution in [3.05, 3.63) is 95.9 Å². The Balaban J connectivity index is 1.26. The predicted octanol–water partition coefficient (Wildman–Crippen LogP) is 5.20. The lowest BCUT2D eigenvalue weighted by molar-refractivity contribution is -0.116. The summed E-state index contributed by atoms with van der Waals surface area (Å²) in [6.07, 6.45) is 0.630. The number of carbonyl (C=O) groups is 1. The van der Waals surface area contributed by atoms with Crippen LogP contribution in [0.4, 0.5) is 5.69 Å². The maximum absolute atomic E-state index is 12.3. The molecule has 1 aromatic heterocycles. The maximum atomic E-state index is 12.3. The third-order valence-corrected chi connectivity index (χ3v) is 4.81. The van der Waals surface area contributed by atoms with Crippen molar-refractivity contribution >= 4 is 11.6 Å². The fraction of sp³-hybridized carbons (Fsp3) is 0.160. The second-order valence-corrected chi connectivity index (χ2v) is 7.17. The number of benzene rings is 3. The van der Waals surface area contributed by atoms with Crippen molar-refractivity contribution in [3.63, 3.8) is 0 Å². The van der Waals surface area contributed by atoms with E-state index in [1.165, 1.54) is 0 Å². The first-order valence-corrected chi connectivity index (χ1v) is 10.1. The van der Waals surface area contributed by atoms with Crippen LogP contribution >= 0.6 is 0 Å². The summed E-state index contributed by atoms with van der Waals surface area (Å²) in [7, 11) is 0. The first-order valence-electron chi connectivity index (χ1n) is 10.1. The molecule has 0 aliphatic heterocycles. The number of anilines is 1. The van der Waals surface area contributed by atoms with E-state index in [9.17, 15) is 4.79 Å². The van der Waals surface area contributed by atoms with Gasteiger partial charge in [0.15, 0.2) is 0 Å². The minimum absolute atomic E-state index is 0.117. The van der Waals surface area contributed by atoms with Gasteiger partial charge >= 0.3 is 0 Å². The van der Waals surface area contributed by atoms with Crippen molar-refractivity contribution in [2.45, 2.75) is 26.4 Å². The molecular formula is C25H23N3O3. The van der Waals surface area contributed by atoms with Crippen LogP contribution in [0.3, 0.4) is 0 Å². The number of nitrogens with zero attached hydrogens (tertiary/aromatic N) is 2. The molecule has 0 atom stereocenters. The SMILES string of the molecule is Cc1ccccc1-c1noc(CCC(=O)Nc2ccc(OCc3ccccc3)cc2)n1. The molecule has 0 unspecified atom stereocenters. The van der Waals surface area contributed by atoms with E-state index < -0.39 is 0 Å². The van der Waals surface area contributed by atoms with Gasteiger partial charge in [-0.05, 0) is 42.3 Å². The second-order valence-electron chi connectivity index (χ2n) is 7.17. The maximum Gasteiger partial charge on any atom is 0.227 e. The molecule has 1 N–H and O–H groups in total. The number of ether oxygens (including phenoxy) is 1. The van der Waals surface area contributed by atoms with Crippen LogP contribution in [0.1, 0.15) is 23.4 Å². The second kappa shape index (κ2) is 9.71. The molecule has 0 aliphatic rings. The summed E-state index contributed by atoms with van der Waals surface area (Å²) in [5.74, 6) is 1.61. The lowest BCUT2D eigenvalue weighted by Gasteiger charge is -2.08. The van der Waals surface area contributed by atoms with E-state index in [-0.39, 0.29) is 12.3 Å². The zero-order chi connectivity index (χ0) is 21.5. The van der Waals surface area contributed by atoms with Crippen molar-refractivity contribution in [2.24, 2.45) is 0 Å². The predicted molar refractivity (Wildman–Crippen MR) is 119 cm³/mol. The number of nitrogens with one attached hydrogen (secondary N) is 1. The summed E-state index contributed by atoms with van der Waals surface area (Å²) in [6.45, 7) is 2.50. The molecule has 0 radical (unpaired) electrons. The normalized spacial score (nSPS) is 10.6. The molecule has 0 fully saturated rings. The van der Waals surface area contributed by atoms with Crippen molar-refractivity contribution in [3.8, 4) is 17.1 Å². The highest BCUT2D eigenvalue weighted by molar-refractivity contribution is 5.90. The van der Waals surface area contributed by atoms with E-state index in [2.05, 4.69) is 15.5 Å². The highest BCUT2D eigenvalue weighted by Gasteiger charge is 2.12. The third kappa shape index (κ3) is 5.57. The van der Waals surface area contributed by atoms with Gasteiger partial charge in [0.1, 0.15) is 12.4 Å². The molecule has 6 nitrogen and oxygen atoms in total. The highest BCUT2D eigenvalue weighted by atomic mass is 16.5. The summed E-state index contributed by atoms with van der Waals surface area (Å²) in [6, 6.07) is 25.1. The fourth-order valence-electron chi connectivity index (χ4n) is 3.11. The molecule has 156 valence electrons. The summed E-state index contributed by atoms with van der Waals surface area (Å²) >= 11 is 0. The van der Waals surface area contributed by atoms with Crippen LogP contribution in [0.5, 0.6) is 5.75 Å². The molecule has 0 bridgehead atoms. The number of hydrogen-bond donors (Lipinski definition) is 1. The number of rotatable bonds is 8. The molecule has 4 rings (SSSR count). The summed E-state index contributed by atoms with van der Waals surface area (Å²) < 4.78 is 11.1. The molecule has 4 aromatic rings. The van der Waals surface area contributed by atoms with Gasteiger partial charge in [-0.25, -0.2) is 0 Å². The Labute approximate surface area is 180 Å². The Morgan fingerprint density at radius 2 is 1.71 bits per heavy atom. The van der Waals surface area contributed by atoms with Gasteiger partial charge in [-0.1, -0.05) is 59.8 Å². The smallest absolute Gasteiger partial charge is 0.227 e. The van der Waals surface area contributed by atoms with Gasteiger partial charge in [-0.3, -0.25) is 4.79 Å². The van der Waals surface area contributed by atoms with Crippen molar-refractivity contribution in [1.29, 1.82) is 0 Å². The Morgan fingerprint density at radius 1 is 0.968 bits per heavy atom. The average molecular weight is 413 g/mol. The molecular weight excluding hydrogens is 390 g/mol. The van der Waals surface area contributed by atoms with Crippen LogP contribution in [0.15, 0.2) is 83.4 Å². The number of aromatic nitrogens is 2. The van der Waals surface area contributed by atoms with Crippen LogP contribution in [0, 0.1) is 6.92 Å². The van der Waals surface area contributed by atoms with Crippen LogP contribution in [-0.2, 0) is 17.8 Å². The minimum Gasteiger partial charge on any atom is -0.489 e. The van der Waals surface area contributed by atoms with E-state index in [1.807, 2.05) is 85.8 Å². The Bertz CT molecular complexity index is 1140. The molecule has 31 heavy (non-hydrogen) atoms. The lowest BCUT2D eigenvalue weighted by atomic mass is 10.1. The number of amides is 1. The summed E-state index contributed by atoms with van der Waals surface area (Å²) in [5.41, 5.74) is 3.81. The van der Waals surface area contributed by atoms with Crippen molar-refractivity contribution in [1.82, 2.24) is 10.1 Å². The molecule has 0 saturated heterocycles. The molecule has 6 heteroatoms. The van der Waals surface area contributed by atoms with Gasteiger partial charge < -0.3 is 14.6 Å². The average Bonchev–Trinajstić information content (AvgIpc) is 3.27. The van der Waals surface area contributed by atoms with Crippen LogP contribution < -0.4 is 10.1 Å². The molecule has 0 aliphatic carbocycles. The van der Waals surface area contributed by atoms with E-state index in [4.69, 9.17) is 9.26 Å². The number of aryl methyl sites for hydroxylation is 2.